The molecule has 0 fully saturated rings. The Kier molecular flexibility index (Phi) is 10.8. The molecule has 0 aromatic heterocycles. The van der Waals surface area contributed by atoms with Crippen LogP contribution >= 0.6 is 0 Å². The number of carbonyl (C=O) groups is 2. The summed E-state index contributed by atoms with van der Waals surface area (Å²) in [7, 11) is 0. The van der Waals surface area contributed by atoms with Crippen LogP contribution in [0.25, 0.3) is 0 Å². The number of carbonyl (C=O) groups excluding carboxylic acids is 2. The first-order valence-corrected chi connectivity index (χ1v) is 9.42. The zero-order valence-electron chi connectivity index (χ0n) is 15.3. The van der Waals surface area contributed by atoms with E-state index in [0.717, 1.165) is 37.7 Å². The maximum atomic E-state index is 12.6. The van der Waals surface area contributed by atoms with Gasteiger partial charge in [0, 0.05) is 6.42 Å². The van der Waals surface area contributed by atoms with E-state index in [9.17, 15) is 9.59 Å². The lowest BCUT2D eigenvalue weighted by molar-refractivity contribution is -0.152. The van der Waals surface area contributed by atoms with Crippen LogP contribution in [0.2, 0.25) is 0 Å². The Morgan fingerprint density at radius 3 is 2.25 bits per heavy atom. The standard InChI is InChI=1S/C21H32O3/c1-3-5-7-8-12-15-20(22)19(21(23)24-16-6-4-2)17-18-13-10-9-11-14-18/h9-11,13-14,19H,3-8,12,15-17H2,1-2H3. The molecule has 1 aromatic rings. The Hall–Kier alpha value is -1.64. The molecule has 1 atom stereocenters. The maximum Gasteiger partial charge on any atom is 0.316 e. The van der Waals surface area contributed by atoms with E-state index in [0.29, 0.717) is 19.4 Å². The van der Waals surface area contributed by atoms with Crippen LogP contribution in [0.15, 0.2) is 30.3 Å². The van der Waals surface area contributed by atoms with Crippen LogP contribution in [0.5, 0.6) is 0 Å². The van der Waals surface area contributed by atoms with Gasteiger partial charge < -0.3 is 4.74 Å². The summed E-state index contributed by atoms with van der Waals surface area (Å²) in [5, 5.41) is 0. The fraction of sp³-hybridized carbons (Fsp3) is 0.619. The zero-order valence-corrected chi connectivity index (χ0v) is 15.3. The van der Waals surface area contributed by atoms with Crippen molar-refractivity contribution in [2.45, 2.75) is 71.6 Å². The lowest BCUT2D eigenvalue weighted by Crippen LogP contribution is -2.28. The molecule has 0 aliphatic rings. The summed E-state index contributed by atoms with van der Waals surface area (Å²) in [6.45, 7) is 4.63. The van der Waals surface area contributed by atoms with E-state index in [-0.39, 0.29) is 11.8 Å². The number of hydrogen-bond donors (Lipinski definition) is 0. The van der Waals surface area contributed by atoms with E-state index in [1.165, 1.54) is 12.8 Å². The van der Waals surface area contributed by atoms with Crippen LogP contribution < -0.4 is 0 Å². The van der Waals surface area contributed by atoms with Gasteiger partial charge in [0.2, 0.25) is 0 Å². The van der Waals surface area contributed by atoms with Crippen molar-refractivity contribution in [1.82, 2.24) is 0 Å². The van der Waals surface area contributed by atoms with Crippen molar-refractivity contribution < 1.29 is 14.3 Å². The third kappa shape index (κ3) is 8.28. The van der Waals surface area contributed by atoms with Crippen LogP contribution in [0.4, 0.5) is 0 Å². The molecule has 0 bridgehead atoms. The highest BCUT2D eigenvalue weighted by atomic mass is 16.5. The first kappa shape index (κ1) is 20.4. The SMILES string of the molecule is CCCCCCCC(=O)C(Cc1ccccc1)C(=O)OCCCC. The molecule has 1 rings (SSSR count). The van der Waals surface area contributed by atoms with Gasteiger partial charge in [0.25, 0.3) is 0 Å². The molecule has 0 radical (unpaired) electrons. The van der Waals surface area contributed by atoms with Crippen LogP contribution in [0.1, 0.15) is 70.8 Å². The molecule has 134 valence electrons. The number of hydrogen-bond acceptors (Lipinski definition) is 3. The fourth-order valence-electron chi connectivity index (χ4n) is 2.67. The molecular weight excluding hydrogens is 300 g/mol. The van der Waals surface area contributed by atoms with E-state index in [1.54, 1.807) is 0 Å². The van der Waals surface area contributed by atoms with Crippen molar-refractivity contribution in [3.63, 3.8) is 0 Å². The van der Waals surface area contributed by atoms with Gasteiger partial charge in [-0.05, 0) is 24.8 Å². The largest absolute Gasteiger partial charge is 0.465 e. The smallest absolute Gasteiger partial charge is 0.316 e. The summed E-state index contributed by atoms with van der Waals surface area (Å²) >= 11 is 0. The molecule has 0 saturated heterocycles. The number of ether oxygens (including phenoxy) is 1. The topological polar surface area (TPSA) is 43.4 Å². The number of benzene rings is 1. The molecule has 0 amide bonds. The number of esters is 1. The molecule has 0 saturated carbocycles. The van der Waals surface area contributed by atoms with Crippen LogP contribution in [0.3, 0.4) is 0 Å². The Labute approximate surface area is 146 Å². The van der Waals surface area contributed by atoms with Crippen molar-refractivity contribution >= 4 is 11.8 Å². The van der Waals surface area contributed by atoms with Gasteiger partial charge in [0.05, 0.1) is 6.61 Å². The lowest BCUT2D eigenvalue weighted by Gasteiger charge is -2.15. The van der Waals surface area contributed by atoms with Gasteiger partial charge in [-0.2, -0.15) is 0 Å². The van der Waals surface area contributed by atoms with Crippen molar-refractivity contribution in [2.24, 2.45) is 5.92 Å². The lowest BCUT2D eigenvalue weighted by atomic mass is 9.92. The Bertz CT molecular complexity index is 467. The van der Waals surface area contributed by atoms with Gasteiger partial charge in [-0.3, -0.25) is 9.59 Å². The Morgan fingerprint density at radius 2 is 1.58 bits per heavy atom. The molecular formula is C21H32O3. The molecule has 0 N–H and O–H groups in total. The fourth-order valence-corrected chi connectivity index (χ4v) is 2.67. The molecule has 0 aliphatic carbocycles. The first-order chi connectivity index (χ1) is 11.7. The minimum Gasteiger partial charge on any atom is -0.465 e. The third-order valence-electron chi connectivity index (χ3n) is 4.22. The molecule has 0 spiro atoms. The molecule has 0 aliphatic heterocycles. The normalized spacial score (nSPS) is 11.9. The minimum atomic E-state index is -0.657. The molecule has 24 heavy (non-hydrogen) atoms. The highest BCUT2D eigenvalue weighted by Gasteiger charge is 2.27. The van der Waals surface area contributed by atoms with E-state index < -0.39 is 5.92 Å². The van der Waals surface area contributed by atoms with Crippen molar-refractivity contribution in [3.8, 4) is 0 Å². The number of ketones is 1. The summed E-state index contributed by atoms with van der Waals surface area (Å²) in [6.07, 6.45) is 8.22. The van der Waals surface area contributed by atoms with Gasteiger partial charge >= 0.3 is 5.97 Å². The number of rotatable bonds is 13. The van der Waals surface area contributed by atoms with Crippen molar-refractivity contribution in [1.29, 1.82) is 0 Å². The number of Topliss-reactive ketones (excluding diaryl/α,β-unsaturated/α-hetero) is 1. The van der Waals surface area contributed by atoms with Crippen molar-refractivity contribution in [2.75, 3.05) is 6.61 Å². The van der Waals surface area contributed by atoms with Gasteiger partial charge in [-0.25, -0.2) is 0 Å². The average Bonchev–Trinajstić information content (AvgIpc) is 2.60. The van der Waals surface area contributed by atoms with Gasteiger partial charge in [0.1, 0.15) is 11.7 Å². The molecule has 0 heterocycles. The average molecular weight is 332 g/mol. The third-order valence-corrected chi connectivity index (χ3v) is 4.22. The summed E-state index contributed by atoms with van der Waals surface area (Å²) in [6, 6.07) is 9.73. The van der Waals surface area contributed by atoms with Crippen LogP contribution in [-0.2, 0) is 20.7 Å². The van der Waals surface area contributed by atoms with E-state index >= 15 is 0 Å². The Balaban J connectivity index is 2.58. The predicted molar refractivity (Wildman–Crippen MR) is 97.9 cm³/mol. The second-order valence-electron chi connectivity index (χ2n) is 6.39. The Morgan fingerprint density at radius 1 is 0.917 bits per heavy atom. The molecule has 1 aromatic carbocycles. The van der Waals surface area contributed by atoms with Crippen LogP contribution in [-0.4, -0.2) is 18.4 Å². The molecule has 3 heteroatoms. The highest BCUT2D eigenvalue weighted by molar-refractivity contribution is 5.99. The number of unbranched alkanes of at least 4 members (excludes halogenated alkanes) is 5. The van der Waals surface area contributed by atoms with E-state index in [2.05, 4.69) is 13.8 Å². The zero-order chi connectivity index (χ0) is 17.6. The monoisotopic (exact) mass is 332 g/mol. The van der Waals surface area contributed by atoms with E-state index in [4.69, 9.17) is 4.74 Å². The highest BCUT2D eigenvalue weighted by Crippen LogP contribution is 2.16. The summed E-state index contributed by atoms with van der Waals surface area (Å²) < 4.78 is 5.32. The maximum absolute atomic E-state index is 12.6. The second-order valence-corrected chi connectivity index (χ2v) is 6.39. The van der Waals surface area contributed by atoms with Gasteiger partial charge in [-0.15, -0.1) is 0 Å². The summed E-state index contributed by atoms with van der Waals surface area (Å²) in [5.41, 5.74) is 1.01. The summed E-state index contributed by atoms with van der Waals surface area (Å²) in [4.78, 5) is 24.9. The van der Waals surface area contributed by atoms with Crippen molar-refractivity contribution in [3.05, 3.63) is 35.9 Å². The van der Waals surface area contributed by atoms with Gasteiger partial charge in [-0.1, -0.05) is 76.3 Å². The molecule has 3 nitrogen and oxygen atoms in total. The summed E-state index contributed by atoms with van der Waals surface area (Å²) in [5.74, 6) is -0.988. The van der Waals surface area contributed by atoms with E-state index in [1.807, 2.05) is 30.3 Å². The first-order valence-electron chi connectivity index (χ1n) is 9.42. The quantitative estimate of drug-likeness (QED) is 0.286. The van der Waals surface area contributed by atoms with Crippen LogP contribution in [0, 0.1) is 5.92 Å². The molecule has 1 unspecified atom stereocenters. The minimum absolute atomic E-state index is 0.0249. The second kappa shape index (κ2) is 12.7. The van der Waals surface area contributed by atoms with Gasteiger partial charge in [0.15, 0.2) is 0 Å². The predicted octanol–water partition coefficient (Wildman–Crippen LogP) is 5.12.